The summed E-state index contributed by atoms with van der Waals surface area (Å²) in [7, 11) is 4.79. The summed E-state index contributed by atoms with van der Waals surface area (Å²) in [6.07, 6.45) is -0.297. The molecule has 36 heavy (non-hydrogen) atoms. The van der Waals surface area contributed by atoms with E-state index >= 15 is 0 Å². The number of fused-ring (bicyclic) bond motifs is 1. The Morgan fingerprint density at radius 2 is 1.81 bits per heavy atom. The maximum atomic E-state index is 13.5. The molecule has 3 amide bonds. The fourth-order valence-electron chi connectivity index (χ4n) is 4.20. The van der Waals surface area contributed by atoms with Crippen LogP contribution in [0.2, 0.25) is 0 Å². The van der Waals surface area contributed by atoms with Crippen LogP contribution in [0.3, 0.4) is 0 Å². The van der Waals surface area contributed by atoms with E-state index in [1.807, 2.05) is 19.9 Å². The van der Waals surface area contributed by atoms with E-state index in [0.29, 0.717) is 35.7 Å². The van der Waals surface area contributed by atoms with Crippen molar-refractivity contribution in [1.82, 2.24) is 9.80 Å². The van der Waals surface area contributed by atoms with Crippen molar-refractivity contribution in [3.05, 3.63) is 59.7 Å². The van der Waals surface area contributed by atoms with Gasteiger partial charge in [0.25, 0.3) is 11.8 Å². The Morgan fingerprint density at radius 3 is 2.47 bits per heavy atom. The molecule has 0 bridgehead atoms. The van der Waals surface area contributed by atoms with E-state index in [-0.39, 0.29) is 49.0 Å². The number of nitrogens with one attached hydrogen (secondary N) is 1. The molecule has 0 spiro atoms. The number of methoxy groups -OCH3 is 2. The standard InChI is InChI=1S/C27H35N3O6/c1-18-14-30(25(31)17-34-4)19(2)16-36-23-12-11-21(28-26(32)20-9-7-6-8-10-20)13-22(23)27(33)29(3)15-24(18)35-5/h6-13,18-19,24H,14-17H2,1-5H3,(H,28,32)/t18-,19+,24-/m0/s1. The van der Waals surface area contributed by atoms with E-state index in [4.69, 9.17) is 14.2 Å². The first-order valence-electron chi connectivity index (χ1n) is 11.9. The summed E-state index contributed by atoms with van der Waals surface area (Å²) in [5.41, 5.74) is 1.30. The van der Waals surface area contributed by atoms with Crippen molar-refractivity contribution >= 4 is 23.4 Å². The fourth-order valence-corrected chi connectivity index (χ4v) is 4.20. The van der Waals surface area contributed by atoms with Crippen LogP contribution in [0, 0.1) is 5.92 Å². The minimum atomic E-state index is -0.297. The molecule has 1 heterocycles. The van der Waals surface area contributed by atoms with Crippen LogP contribution in [-0.4, -0.2) is 87.2 Å². The largest absolute Gasteiger partial charge is 0.491 e. The van der Waals surface area contributed by atoms with Gasteiger partial charge < -0.3 is 29.3 Å². The van der Waals surface area contributed by atoms with E-state index in [0.717, 1.165) is 0 Å². The van der Waals surface area contributed by atoms with Crippen LogP contribution in [-0.2, 0) is 14.3 Å². The highest BCUT2D eigenvalue weighted by molar-refractivity contribution is 6.05. The number of hydrogen-bond donors (Lipinski definition) is 1. The molecule has 194 valence electrons. The molecule has 0 aromatic heterocycles. The van der Waals surface area contributed by atoms with Crippen LogP contribution in [0.1, 0.15) is 34.6 Å². The van der Waals surface area contributed by atoms with Gasteiger partial charge in [-0.25, -0.2) is 0 Å². The highest BCUT2D eigenvalue weighted by Crippen LogP contribution is 2.27. The van der Waals surface area contributed by atoms with Crippen molar-refractivity contribution in [3.63, 3.8) is 0 Å². The van der Waals surface area contributed by atoms with Crippen molar-refractivity contribution in [1.29, 1.82) is 0 Å². The second-order valence-electron chi connectivity index (χ2n) is 9.11. The van der Waals surface area contributed by atoms with Gasteiger partial charge in [-0.2, -0.15) is 0 Å². The van der Waals surface area contributed by atoms with Crippen molar-refractivity contribution in [2.45, 2.75) is 26.0 Å². The van der Waals surface area contributed by atoms with E-state index in [2.05, 4.69) is 5.32 Å². The minimum Gasteiger partial charge on any atom is -0.491 e. The molecule has 0 radical (unpaired) electrons. The lowest BCUT2D eigenvalue weighted by atomic mass is 10.0. The monoisotopic (exact) mass is 497 g/mol. The zero-order chi connectivity index (χ0) is 26.2. The normalized spacial score (nSPS) is 21.0. The molecule has 0 unspecified atom stereocenters. The number of nitrogens with zero attached hydrogens (tertiary/aromatic N) is 2. The van der Waals surface area contributed by atoms with E-state index in [9.17, 15) is 14.4 Å². The fraction of sp³-hybridized carbons (Fsp3) is 0.444. The molecule has 1 aliphatic heterocycles. The van der Waals surface area contributed by atoms with E-state index in [1.165, 1.54) is 7.11 Å². The summed E-state index contributed by atoms with van der Waals surface area (Å²) in [6, 6.07) is 13.5. The molecule has 2 aromatic rings. The molecule has 2 aromatic carbocycles. The molecule has 0 fully saturated rings. The van der Waals surface area contributed by atoms with Crippen LogP contribution < -0.4 is 10.1 Å². The average Bonchev–Trinajstić information content (AvgIpc) is 2.88. The number of likely N-dealkylation sites (N-methyl/N-ethyl adjacent to an activating group) is 1. The second kappa shape index (κ2) is 12.5. The summed E-state index contributed by atoms with van der Waals surface area (Å²) >= 11 is 0. The predicted octanol–water partition coefficient (Wildman–Crippen LogP) is 2.92. The van der Waals surface area contributed by atoms with E-state index in [1.54, 1.807) is 66.4 Å². The quantitative estimate of drug-likeness (QED) is 0.682. The average molecular weight is 498 g/mol. The number of ether oxygens (including phenoxy) is 3. The van der Waals surface area contributed by atoms with Crippen LogP contribution in [0.15, 0.2) is 48.5 Å². The SMILES string of the molecule is COCC(=O)N1C[C@H](C)[C@@H](OC)CN(C)C(=O)c2cc(NC(=O)c3ccccc3)ccc2OC[C@H]1C. The topological polar surface area (TPSA) is 97.4 Å². The van der Waals surface area contributed by atoms with Crippen LogP contribution >= 0.6 is 0 Å². The van der Waals surface area contributed by atoms with Gasteiger partial charge in [0.1, 0.15) is 19.0 Å². The Labute approximate surface area is 212 Å². The number of benzene rings is 2. The maximum absolute atomic E-state index is 13.5. The van der Waals surface area contributed by atoms with Gasteiger partial charge in [-0.15, -0.1) is 0 Å². The second-order valence-corrected chi connectivity index (χ2v) is 9.11. The van der Waals surface area contributed by atoms with Crippen LogP contribution in [0.4, 0.5) is 5.69 Å². The van der Waals surface area contributed by atoms with Crippen molar-refractivity contribution < 1.29 is 28.6 Å². The molecular weight excluding hydrogens is 462 g/mol. The molecule has 0 aliphatic carbocycles. The maximum Gasteiger partial charge on any atom is 0.257 e. The summed E-state index contributed by atoms with van der Waals surface area (Å²) in [5, 5.41) is 2.85. The zero-order valence-corrected chi connectivity index (χ0v) is 21.5. The number of carbonyl (C=O) groups excluding carboxylic acids is 3. The zero-order valence-electron chi connectivity index (χ0n) is 21.5. The van der Waals surface area contributed by atoms with Gasteiger partial charge in [-0.3, -0.25) is 14.4 Å². The molecule has 9 heteroatoms. The lowest BCUT2D eigenvalue weighted by molar-refractivity contribution is -0.139. The van der Waals surface area contributed by atoms with Gasteiger partial charge in [-0.1, -0.05) is 25.1 Å². The molecule has 1 N–H and O–H groups in total. The first-order chi connectivity index (χ1) is 17.2. The molecule has 1 aliphatic rings. The third-order valence-corrected chi connectivity index (χ3v) is 6.33. The number of amides is 3. The van der Waals surface area contributed by atoms with E-state index < -0.39 is 0 Å². The third kappa shape index (κ3) is 6.61. The lowest BCUT2D eigenvalue weighted by Crippen LogP contribution is -2.49. The summed E-state index contributed by atoms with van der Waals surface area (Å²) in [5.74, 6) is -0.353. The lowest BCUT2D eigenvalue weighted by Gasteiger charge is -2.36. The van der Waals surface area contributed by atoms with Gasteiger partial charge in [0.05, 0.1) is 17.7 Å². The predicted molar refractivity (Wildman–Crippen MR) is 136 cm³/mol. The Morgan fingerprint density at radius 1 is 1.08 bits per heavy atom. The Balaban J connectivity index is 1.93. The third-order valence-electron chi connectivity index (χ3n) is 6.33. The first kappa shape index (κ1) is 27.2. The number of hydrogen-bond acceptors (Lipinski definition) is 6. The van der Waals surface area contributed by atoms with Crippen molar-refractivity contribution in [2.24, 2.45) is 5.92 Å². The van der Waals surface area contributed by atoms with Crippen LogP contribution in [0.5, 0.6) is 5.75 Å². The Hall–Kier alpha value is -3.43. The molecule has 9 nitrogen and oxygen atoms in total. The highest BCUT2D eigenvalue weighted by atomic mass is 16.5. The number of anilines is 1. The number of rotatable bonds is 5. The number of carbonyl (C=O) groups is 3. The molecule has 3 rings (SSSR count). The molecule has 0 saturated heterocycles. The minimum absolute atomic E-state index is 0.0336. The summed E-state index contributed by atoms with van der Waals surface area (Å²) in [6.45, 7) is 4.79. The first-order valence-corrected chi connectivity index (χ1v) is 11.9. The Kier molecular flexibility index (Phi) is 9.44. The summed E-state index contributed by atoms with van der Waals surface area (Å²) in [4.78, 5) is 42.2. The smallest absolute Gasteiger partial charge is 0.257 e. The molecular formula is C27H35N3O6. The van der Waals surface area contributed by atoms with Gasteiger partial charge in [0.2, 0.25) is 5.91 Å². The van der Waals surface area contributed by atoms with Crippen LogP contribution in [0.25, 0.3) is 0 Å². The highest BCUT2D eigenvalue weighted by Gasteiger charge is 2.30. The van der Waals surface area contributed by atoms with Crippen molar-refractivity contribution in [3.8, 4) is 5.75 Å². The van der Waals surface area contributed by atoms with Gasteiger partial charge in [-0.05, 0) is 37.3 Å². The molecule has 3 atom stereocenters. The Bertz CT molecular complexity index is 1060. The van der Waals surface area contributed by atoms with Gasteiger partial charge >= 0.3 is 0 Å². The molecule has 0 saturated carbocycles. The van der Waals surface area contributed by atoms with Gasteiger partial charge in [0, 0.05) is 51.5 Å². The summed E-state index contributed by atoms with van der Waals surface area (Å²) < 4.78 is 16.8. The van der Waals surface area contributed by atoms with Crippen molar-refractivity contribution in [2.75, 3.05) is 52.9 Å². The van der Waals surface area contributed by atoms with Gasteiger partial charge in [0.15, 0.2) is 0 Å².